The third-order valence-corrected chi connectivity index (χ3v) is 0.883. The fraction of sp³-hybridized carbons (Fsp3) is 0.500. The average Bonchev–Trinajstić information content (AvgIpc) is 1.96. The van der Waals surface area contributed by atoms with Crippen molar-refractivity contribution in [2.75, 3.05) is 0 Å². The van der Waals surface area contributed by atoms with Gasteiger partial charge in [0.2, 0.25) is 0 Å². The molecular formula is C8H14Y-2. The first-order valence-corrected chi connectivity index (χ1v) is 3.32. The quantitative estimate of drug-likeness (QED) is 0.526. The second-order valence-electron chi connectivity index (χ2n) is 1.43. The van der Waals surface area contributed by atoms with Crippen molar-refractivity contribution in [3.8, 4) is 0 Å². The molecule has 0 heterocycles. The van der Waals surface area contributed by atoms with Crippen LogP contribution in [-0.4, -0.2) is 0 Å². The maximum Gasteiger partial charge on any atom is 0 e. The maximum absolute atomic E-state index is 2.18. The minimum Gasteiger partial charge on any atom is -0.378 e. The van der Waals surface area contributed by atoms with Crippen molar-refractivity contribution in [2.45, 2.75) is 26.7 Å². The van der Waals surface area contributed by atoms with Gasteiger partial charge in [0.1, 0.15) is 0 Å². The molecule has 1 aliphatic carbocycles. The molecule has 9 heavy (non-hydrogen) atoms. The Balaban J connectivity index is 0. The van der Waals surface area contributed by atoms with E-state index < -0.39 is 0 Å². The smallest absolute Gasteiger partial charge is 0 e. The van der Waals surface area contributed by atoms with E-state index >= 15 is 0 Å². The first kappa shape index (κ1) is 12.3. The van der Waals surface area contributed by atoms with Gasteiger partial charge in [-0.15, -0.1) is 12.8 Å². The molecule has 0 aliphatic heterocycles. The van der Waals surface area contributed by atoms with Crippen molar-refractivity contribution >= 4 is 0 Å². The molecule has 0 aromatic rings. The first-order valence-electron chi connectivity index (χ1n) is 3.32. The van der Waals surface area contributed by atoms with Crippen LogP contribution in [0, 0.1) is 12.8 Å². The predicted molar refractivity (Wildman–Crippen MR) is 38.3 cm³/mol. The minimum atomic E-state index is 0. The van der Waals surface area contributed by atoms with Crippen molar-refractivity contribution in [1.82, 2.24) is 0 Å². The summed E-state index contributed by atoms with van der Waals surface area (Å²) in [5.41, 5.74) is 0. The van der Waals surface area contributed by atoms with Gasteiger partial charge in [-0.3, -0.25) is 0 Å². The van der Waals surface area contributed by atoms with Gasteiger partial charge in [0.25, 0.3) is 0 Å². The molecule has 0 amide bonds. The van der Waals surface area contributed by atoms with Gasteiger partial charge in [-0.1, -0.05) is 13.8 Å². The summed E-state index contributed by atoms with van der Waals surface area (Å²) in [5.74, 6) is 0. The van der Waals surface area contributed by atoms with E-state index in [1.165, 1.54) is 12.8 Å². The molecule has 51 valence electrons. The Morgan fingerprint density at radius 3 is 1.44 bits per heavy atom. The van der Waals surface area contributed by atoms with E-state index in [9.17, 15) is 0 Å². The van der Waals surface area contributed by atoms with Crippen molar-refractivity contribution < 1.29 is 32.7 Å². The monoisotopic (exact) mass is 199 g/mol. The third kappa shape index (κ3) is 8.58. The van der Waals surface area contributed by atoms with E-state index in [2.05, 4.69) is 25.0 Å². The summed E-state index contributed by atoms with van der Waals surface area (Å²) < 4.78 is 0. The molecule has 0 aromatic carbocycles. The zero-order chi connectivity index (χ0) is 6.24. The number of hydrogen-bond donors (Lipinski definition) is 0. The second kappa shape index (κ2) is 11.4. The summed E-state index contributed by atoms with van der Waals surface area (Å²) in [4.78, 5) is 0. The van der Waals surface area contributed by atoms with Crippen LogP contribution in [0.3, 0.4) is 0 Å². The van der Waals surface area contributed by atoms with Crippen LogP contribution in [0.25, 0.3) is 0 Å². The molecule has 0 N–H and O–H groups in total. The summed E-state index contributed by atoms with van der Waals surface area (Å²) in [6, 6.07) is 0. The fourth-order valence-corrected chi connectivity index (χ4v) is 0.542. The average molecular weight is 199 g/mol. The van der Waals surface area contributed by atoms with Gasteiger partial charge in [0, 0.05) is 32.7 Å². The molecule has 1 rings (SSSR count). The Morgan fingerprint density at radius 2 is 1.33 bits per heavy atom. The van der Waals surface area contributed by atoms with E-state index in [1.807, 2.05) is 13.8 Å². The Hall–Kier alpha value is 0.584. The van der Waals surface area contributed by atoms with Crippen LogP contribution in [-0.2, 0) is 32.7 Å². The molecule has 0 unspecified atom stereocenters. The van der Waals surface area contributed by atoms with Gasteiger partial charge in [0.05, 0.1) is 0 Å². The molecule has 0 fully saturated rings. The van der Waals surface area contributed by atoms with Crippen molar-refractivity contribution in [3.05, 3.63) is 25.0 Å². The van der Waals surface area contributed by atoms with Gasteiger partial charge < -0.3 is 25.0 Å². The topological polar surface area (TPSA) is 0 Å². The molecule has 0 bridgehead atoms. The van der Waals surface area contributed by atoms with Gasteiger partial charge >= 0.3 is 0 Å². The molecule has 0 nitrogen and oxygen atoms in total. The minimum absolute atomic E-state index is 0. The Labute approximate surface area is 84.0 Å². The Kier molecular flexibility index (Phi) is 15.5. The van der Waals surface area contributed by atoms with Crippen LogP contribution in [0.4, 0.5) is 0 Å². The molecular weight excluding hydrogens is 185 g/mol. The van der Waals surface area contributed by atoms with Crippen molar-refractivity contribution in [3.63, 3.8) is 0 Å². The largest absolute Gasteiger partial charge is 0.378 e. The molecule has 0 aromatic heterocycles. The van der Waals surface area contributed by atoms with Gasteiger partial charge in [-0.05, 0) is 0 Å². The molecule has 0 spiro atoms. The maximum atomic E-state index is 2.18. The number of rotatable bonds is 0. The zero-order valence-corrected chi connectivity index (χ0v) is 9.14. The van der Waals surface area contributed by atoms with Crippen LogP contribution < -0.4 is 0 Å². The summed E-state index contributed by atoms with van der Waals surface area (Å²) in [6.45, 7) is 4.00. The second-order valence-corrected chi connectivity index (χ2v) is 1.43. The molecule has 0 saturated carbocycles. The van der Waals surface area contributed by atoms with E-state index in [0.717, 1.165) is 0 Å². The van der Waals surface area contributed by atoms with Crippen LogP contribution in [0.5, 0.6) is 0 Å². The standard InChI is InChI=1S/C6H8.C2H6.Y/c1-2-4-6-5-3-1;1-2;/h1-4H,5-6H2;1-2H3;/q-2;;. The van der Waals surface area contributed by atoms with Gasteiger partial charge in [-0.25, -0.2) is 0 Å². The van der Waals surface area contributed by atoms with Crippen LogP contribution >= 0.6 is 0 Å². The van der Waals surface area contributed by atoms with E-state index in [1.54, 1.807) is 0 Å². The number of hydrogen-bond acceptors (Lipinski definition) is 0. The molecule has 0 atom stereocenters. The molecule has 1 radical (unpaired) electrons. The van der Waals surface area contributed by atoms with Crippen LogP contribution in [0.15, 0.2) is 12.2 Å². The van der Waals surface area contributed by atoms with E-state index in [4.69, 9.17) is 0 Å². The summed E-state index contributed by atoms with van der Waals surface area (Å²) in [6.07, 6.45) is 11.0. The molecule has 0 saturated heterocycles. The molecule has 1 heteroatoms. The fourth-order valence-electron chi connectivity index (χ4n) is 0.542. The van der Waals surface area contributed by atoms with E-state index in [-0.39, 0.29) is 32.7 Å². The third-order valence-electron chi connectivity index (χ3n) is 0.883. The van der Waals surface area contributed by atoms with Crippen LogP contribution in [0.2, 0.25) is 0 Å². The zero-order valence-electron chi connectivity index (χ0n) is 6.30. The molecule has 1 aliphatic rings. The van der Waals surface area contributed by atoms with Crippen LogP contribution in [0.1, 0.15) is 26.7 Å². The van der Waals surface area contributed by atoms with Gasteiger partial charge in [0.15, 0.2) is 0 Å². The normalized spacial score (nSPS) is 13.1. The predicted octanol–water partition coefficient (Wildman–Crippen LogP) is 2.77. The Bertz CT molecular complexity index is 49.6. The van der Waals surface area contributed by atoms with Crippen molar-refractivity contribution in [2.24, 2.45) is 0 Å². The summed E-state index contributed by atoms with van der Waals surface area (Å²) in [5, 5.41) is 0. The SMILES string of the molecule is C1=C[CH-]CC[CH-]1.CC.[Y]. The van der Waals surface area contributed by atoms with Crippen molar-refractivity contribution in [1.29, 1.82) is 0 Å². The van der Waals surface area contributed by atoms with Gasteiger partial charge in [-0.2, -0.15) is 0 Å². The Morgan fingerprint density at radius 1 is 1.00 bits per heavy atom. The number of allylic oxidation sites excluding steroid dienone is 2. The summed E-state index contributed by atoms with van der Waals surface area (Å²) in [7, 11) is 0. The first-order chi connectivity index (χ1) is 4.00. The summed E-state index contributed by atoms with van der Waals surface area (Å²) >= 11 is 0. The van der Waals surface area contributed by atoms with E-state index in [0.29, 0.717) is 0 Å².